The Morgan fingerprint density at radius 3 is 2.41 bits per heavy atom. The van der Waals surface area contributed by atoms with Crippen molar-refractivity contribution < 1.29 is 14.4 Å². The maximum Gasteiger partial charge on any atom is 0.246 e. The molecule has 4 rings (SSSR count). The second-order valence-corrected chi connectivity index (χ2v) is 8.31. The molecule has 0 radical (unpaired) electrons. The van der Waals surface area contributed by atoms with Crippen molar-refractivity contribution in [2.75, 3.05) is 11.9 Å². The van der Waals surface area contributed by atoms with Crippen molar-refractivity contribution in [3.63, 3.8) is 0 Å². The van der Waals surface area contributed by atoms with E-state index in [2.05, 4.69) is 29.4 Å². The van der Waals surface area contributed by atoms with Crippen LogP contribution in [0.2, 0.25) is 0 Å². The molecule has 6 nitrogen and oxygen atoms in total. The standard InChI is InChI=1S/C22H23N3O3S/c1-2-5-14-8-10-15(11-9-14)18-13-29-22(23-18)24-19(26)12-25-20(27)16-6-3-4-7-17(16)21(25)28/h3-4,8-11,13,16-17H,2,5-7,12H2,1H3,(H,23,24,26)/t16-,17-/m1/s1. The molecule has 1 fully saturated rings. The summed E-state index contributed by atoms with van der Waals surface area (Å²) >= 11 is 1.33. The number of allylic oxidation sites excluding steroid dienone is 2. The number of carbonyl (C=O) groups excluding carboxylic acids is 3. The summed E-state index contributed by atoms with van der Waals surface area (Å²) in [6.07, 6.45) is 7.15. The van der Waals surface area contributed by atoms with Gasteiger partial charge in [-0.25, -0.2) is 4.98 Å². The summed E-state index contributed by atoms with van der Waals surface area (Å²) < 4.78 is 0. The SMILES string of the molecule is CCCc1ccc(-c2csc(NC(=O)CN3C(=O)[C@@H]4CC=CC[C@H]4C3=O)n2)cc1. The number of fused-ring (bicyclic) bond motifs is 1. The number of benzene rings is 1. The molecule has 1 aromatic carbocycles. The predicted octanol–water partition coefficient (Wildman–Crippen LogP) is 3.65. The lowest BCUT2D eigenvalue weighted by atomic mass is 9.85. The number of hydrogen-bond donors (Lipinski definition) is 1. The summed E-state index contributed by atoms with van der Waals surface area (Å²) in [6.45, 7) is 1.89. The first-order chi connectivity index (χ1) is 14.1. The summed E-state index contributed by atoms with van der Waals surface area (Å²) in [5.41, 5.74) is 3.07. The van der Waals surface area contributed by atoms with Crippen LogP contribution in [0.3, 0.4) is 0 Å². The third-order valence-electron chi connectivity index (χ3n) is 5.44. The van der Waals surface area contributed by atoms with Crippen molar-refractivity contribution in [2.24, 2.45) is 11.8 Å². The normalized spacial score (nSPS) is 20.8. The molecule has 150 valence electrons. The zero-order valence-electron chi connectivity index (χ0n) is 16.3. The van der Waals surface area contributed by atoms with Crippen LogP contribution in [0.15, 0.2) is 41.8 Å². The smallest absolute Gasteiger partial charge is 0.246 e. The topological polar surface area (TPSA) is 79.4 Å². The summed E-state index contributed by atoms with van der Waals surface area (Å²) in [7, 11) is 0. The maximum atomic E-state index is 12.5. The minimum absolute atomic E-state index is 0.244. The molecule has 2 atom stereocenters. The molecule has 1 aliphatic carbocycles. The van der Waals surface area contributed by atoms with Gasteiger partial charge < -0.3 is 5.32 Å². The lowest BCUT2D eigenvalue weighted by molar-refractivity contribution is -0.142. The van der Waals surface area contributed by atoms with E-state index in [0.29, 0.717) is 18.0 Å². The molecule has 7 heteroatoms. The van der Waals surface area contributed by atoms with Crippen LogP contribution < -0.4 is 5.32 Å². The van der Waals surface area contributed by atoms with E-state index in [1.54, 1.807) is 0 Å². The van der Waals surface area contributed by atoms with Gasteiger partial charge in [0.05, 0.1) is 17.5 Å². The van der Waals surface area contributed by atoms with E-state index in [1.807, 2.05) is 29.7 Å². The number of aryl methyl sites for hydroxylation is 1. The molecule has 1 N–H and O–H groups in total. The van der Waals surface area contributed by atoms with E-state index < -0.39 is 5.91 Å². The van der Waals surface area contributed by atoms with Gasteiger partial charge in [0.15, 0.2) is 5.13 Å². The number of aromatic nitrogens is 1. The Hall–Kier alpha value is -2.80. The van der Waals surface area contributed by atoms with Crippen molar-refractivity contribution in [3.05, 3.63) is 47.4 Å². The van der Waals surface area contributed by atoms with Gasteiger partial charge in [-0.3, -0.25) is 19.3 Å². The monoisotopic (exact) mass is 409 g/mol. The number of imide groups is 1. The highest BCUT2D eigenvalue weighted by Gasteiger charge is 2.47. The van der Waals surface area contributed by atoms with Gasteiger partial charge >= 0.3 is 0 Å². The number of rotatable bonds is 6. The number of amides is 3. The third-order valence-corrected chi connectivity index (χ3v) is 6.20. The molecule has 2 aromatic rings. The first kappa shape index (κ1) is 19.5. The fourth-order valence-corrected chi connectivity index (χ4v) is 4.66. The maximum absolute atomic E-state index is 12.5. The van der Waals surface area contributed by atoms with Crippen molar-refractivity contribution >= 4 is 34.2 Å². The van der Waals surface area contributed by atoms with Crippen LogP contribution in [-0.2, 0) is 20.8 Å². The average molecular weight is 410 g/mol. The number of likely N-dealkylation sites (tertiary alicyclic amines) is 1. The zero-order valence-corrected chi connectivity index (χ0v) is 17.1. The van der Waals surface area contributed by atoms with E-state index in [1.165, 1.54) is 16.9 Å². The van der Waals surface area contributed by atoms with Gasteiger partial charge in [0, 0.05) is 10.9 Å². The van der Waals surface area contributed by atoms with E-state index in [0.717, 1.165) is 29.0 Å². The Morgan fingerprint density at radius 2 is 1.79 bits per heavy atom. The Bertz CT molecular complexity index is 938. The Labute approximate surface area is 173 Å². The lowest BCUT2D eigenvalue weighted by Crippen LogP contribution is -2.38. The Kier molecular flexibility index (Phi) is 5.58. The highest BCUT2D eigenvalue weighted by molar-refractivity contribution is 7.14. The van der Waals surface area contributed by atoms with Crippen molar-refractivity contribution in [2.45, 2.75) is 32.6 Å². The van der Waals surface area contributed by atoms with E-state index >= 15 is 0 Å². The molecule has 1 aliphatic heterocycles. The van der Waals surface area contributed by atoms with Crippen LogP contribution in [0, 0.1) is 11.8 Å². The van der Waals surface area contributed by atoms with E-state index in [9.17, 15) is 14.4 Å². The lowest BCUT2D eigenvalue weighted by Gasteiger charge is -2.14. The number of carbonyl (C=O) groups is 3. The van der Waals surface area contributed by atoms with Gasteiger partial charge in [-0.05, 0) is 24.8 Å². The van der Waals surface area contributed by atoms with E-state index in [4.69, 9.17) is 0 Å². The first-order valence-electron chi connectivity index (χ1n) is 9.91. The molecular weight excluding hydrogens is 386 g/mol. The van der Waals surface area contributed by atoms with Gasteiger partial charge in [0.1, 0.15) is 6.54 Å². The molecule has 1 saturated heterocycles. The molecule has 0 bridgehead atoms. The summed E-state index contributed by atoms with van der Waals surface area (Å²) in [5.74, 6) is -1.53. The number of anilines is 1. The molecule has 29 heavy (non-hydrogen) atoms. The third kappa shape index (κ3) is 4.00. The first-order valence-corrected chi connectivity index (χ1v) is 10.8. The number of thiazole rings is 1. The van der Waals surface area contributed by atoms with Crippen molar-refractivity contribution in [1.29, 1.82) is 0 Å². The van der Waals surface area contributed by atoms with Crippen LogP contribution in [-0.4, -0.2) is 34.2 Å². The van der Waals surface area contributed by atoms with Crippen LogP contribution in [0.1, 0.15) is 31.7 Å². The quantitative estimate of drug-likeness (QED) is 0.583. The summed E-state index contributed by atoms with van der Waals surface area (Å²) in [4.78, 5) is 42.9. The van der Waals surface area contributed by atoms with Gasteiger partial charge in [-0.15, -0.1) is 11.3 Å². The molecular formula is C22H23N3O3S. The minimum Gasteiger partial charge on any atom is -0.300 e. The fourth-order valence-electron chi connectivity index (χ4n) is 3.92. The van der Waals surface area contributed by atoms with Gasteiger partial charge in [0.25, 0.3) is 0 Å². The Morgan fingerprint density at radius 1 is 1.14 bits per heavy atom. The summed E-state index contributed by atoms with van der Waals surface area (Å²) in [6, 6.07) is 8.25. The predicted molar refractivity (Wildman–Crippen MR) is 112 cm³/mol. The number of hydrogen-bond acceptors (Lipinski definition) is 5. The van der Waals surface area contributed by atoms with Gasteiger partial charge in [-0.1, -0.05) is 49.8 Å². The second kappa shape index (κ2) is 8.29. The van der Waals surface area contributed by atoms with Crippen LogP contribution >= 0.6 is 11.3 Å². The number of nitrogens with zero attached hydrogens (tertiary/aromatic N) is 2. The van der Waals surface area contributed by atoms with Gasteiger partial charge in [0.2, 0.25) is 17.7 Å². The van der Waals surface area contributed by atoms with Crippen LogP contribution in [0.4, 0.5) is 5.13 Å². The van der Waals surface area contributed by atoms with Gasteiger partial charge in [-0.2, -0.15) is 0 Å². The number of nitrogens with one attached hydrogen (secondary N) is 1. The van der Waals surface area contributed by atoms with Crippen molar-refractivity contribution in [3.8, 4) is 11.3 Å². The van der Waals surface area contributed by atoms with Crippen LogP contribution in [0.5, 0.6) is 0 Å². The molecule has 2 heterocycles. The zero-order chi connectivity index (χ0) is 20.4. The van der Waals surface area contributed by atoms with E-state index in [-0.39, 0.29) is 30.2 Å². The minimum atomic E-state index is -0.405. The molecule has 0 saturated carbocycles. The second-order valence-electron chi connectivity index (χ2n) is 7.45. The largest absolute Gasteiger partial charge is 0.300 e. The molecule has 3 amide bonds. The molecule has 2 aliphatic rings. The fraction of sp³-hybridized carbons (Fsp3) is 0.364. The van der Waals surface area contributed by atoms with Crippen molar-refractivity contribution in [1.82, 2.24) is 9.88 Å². The Balaban J connectivity index is 1.38. The highest BCUT2D eigenvalue weighted by Crippen LogP contribution is 2.35. The molecule has 0 spiro atoms. The highest BCUT2D eigenvalue weighted by atomic mass is 32.1. The molecule has 0 unspecified atom stereocenters. The average Bonchev–Trinajstić information content (AvgIpc) is 3.28. The van der Waals surface area contributed by atoms with Crippen LogP contribution in [0.25, 0.3) is 11.3 Å². The molecule has 1 aromatic heterocycles. The summed E-state index contributed by atoms with van der Waals surface area (Å²) in [5, 5.41) is 5.06.